The van der Waals surface area contributed by atoms with Gasteiger partial charge in [-0.15, -0.1) is 0 Å². The molecule has 3 heterocycles. The Hall–Kier alpha value is -1.11. The summed E-state index contributed by atoms with van der Waals surface area (Å²) < 4.78 is 5.78. The van der Waals surface area contributed by atoms with E-state index >= 15 is 0 Å². The number of fused-ring (bicyclic) bond motifs is 2. The molecule has 7 heteroatoms. The van der Waals surface area contributed by atoms with Gasteiger partial charge in [-0.25, -0.2) is 10.8 Å². The number of hydrogen-bond acceptors (Lipinski definition) is 6. The molecule has 0 aliphatic carbocycles. The Balaban J connectivity index is 1.88. The molecule has 1 aromatic rings. The first kappa shape index (κ1) is 11.0. The van der Waals surface area contributed by atoms with Crippen molar-refractivity contribution in [2.24, 2.45) is 5.84 Å². The second kappa shape index (κ2) is 4.29. The van der Waals surface area contributed by atoms with Crippen LogP contribution in [0, 0.1) is 0 Å². The van der Waals surface area contributed by atoms with Gasteiger partial charge in [0, 0.05) is 13.1 Å². The summed E-state index contributed by atoms with van der Waals surface area (Å²) in [6.45, 7) is 1.66. The van der Waals surface area contributed by atoms with E-state index in [0.29, 0.717) is 23.2 Å². The van der Waals surface area contributed by atoms with Gasteiger partial charge in [0.2, 0.25) is 5.95 Å². The fraction of sp³-hybridized carbons (Fsp3) is 0.600. The van der Waals surface area contributed by atoms with E-state index in [-0.39, 0.29) is 0 Å². The number of anilines is 2. The number of nitrogens with one attached hydrogen (secondary N) is 1. The predicted octanol–water partition coefficient (Wildman–Crippen LogP) is 0.783. The molecule has 2 fully saturated rings. The number of rotatable bonds is 2. The summed E-state index contributed by atoms with van der Waals surface area (Å²) in [7, 11) is 0. The molecule has 0 radical (unpaired) electrons. The number of nitrogens with two attached hydrogens (primary N) is 1. The van der Waals surface area contributed by atoms with Crippen molar-refractivity contribution in [3.63, 3.8) is 0 Å². The summed E-state index contributed by atoms with van der Waals surface area (Å²) in [6.07, 6.45) is 4.40. The van der Waals surface area contributed by atoms with Crippen LogP contribution >= 0.6 is 11.6 Å². The van der Waals surface area contributed by atoms with Crippen LogP contribution in [-0.4, -0.2) is 35.3 Å². The molecule has 3 N–H and O–H groups in total. The van der Waals surface area contributed by atoms with Gasteiger partial charge in [-0.2, -0.15) is 4.98 Å². The smallest absolute Gasteiger partial charge is 0.239 e. The molecule has 3 rings (SSSR count). The van der Waals surface area contributed by atoms with Crippen LogP contribution in [0.3, 0.4) is 0 Å². The van der Waals surface area contributed by atoms with Gasteiger partial charge in [-0.05, 0) is 12.8 Å². The highest BCUT2D eigenvalue weighted by Crippen LogP contribution is 2.32. The van der Waals surface area contributed by atoms with Gasteiger partial charge in [-0.3, -0.25) is 5.43 Å². The highest BCUT2D eigenvalue weighted by atomic mass is 35.5. The average Bonchev–Trinajstić information content (AvgIpc) is 2.69. The van der Waals surface area contributed by atoms with Crippen LogP contribution in [0.5, 0.6) is 0 Å². The van der Waals surface area contributed by atoms with Crippen molar-refractivity contribution in [2.75, 3.05) is 23.4 Å². The lowest BCUT2D eigenvalue weighted by Gasteiger charge is -2.33. The zero-order valence-corrected chi connectivity index (χ0v) is 10.0. The number of morpholine rings is 1. The van der Waals surface area contributed by atoms with Crippen molar-refractivity contribution in [1.29, 1.82) is 0 Å². The molecule has 2 aliphatic rings. The topological polar surface area (TPSA) is 76.3 Å². The Labute approximate surface area is 104 Å². The normalized spacial score (nSPS) is 27.3. The standard InChI is InChI=1S/C10H14ClN5O/c11-8-3-13-10(15-12)14-9(8)16-4-6-1-2-7(5-16)17-6/h3,6-7H,1-2,4-5,12H2,(H,13,14,15). The van der Waals surface area contributed by atoms with Crippen molar-refractivity contribution in [2.45, 2.75) is 25.0 Å². The lowest BCUT2D eigenvalue weighted by atomic mass is 10.2. The number of nitrogens with zero attached hydrogens (tertiary/aromatic N) is 3. The molecule has 0 saturated carbocycles. The van der Waals surface area contributed by atoms with Crippen LogP contribution in [0.15, 0.2) is 6.20 Å². The molecule has 6 nitrogen and oxygen atoms in total. The molecule has 2 atom stereocenters. The van der Waals surface area contributed by atoms with Crippen LogP contribution in [-0.2, 0) is 4.74 Å². The second-order valence-corrected chi connectivity index (χ2v) is 4.78. The van der Waals surface area contributed by atoms with Crippen LogP contribution < -0.4 is 16.2 Å². The van der Waals surface area contributed by atoms with Crippen molar-refractivity contribution in [3.05, 3.63) is 11.2 Å². The minimum absolute atomic E-state index is 0.300. The van der Waals surface area contributed by atoms with E-state index in [0.717, 1.165) is 31.7 Å². The molecule has 2 saturated heterocycles. The molecule has 2 aliphatic heterocycles. The Kier molecular flexibility index (Phi) is 2.78. The van der Waals surface area contributed by atoms with Crippen molar-refractivity contribution < 1.29 is 4.74 Å². The van der Waals surface area contributed by atoms with E-state index in [1.165, 1.54) is 0 Å². The number of aromatic nitrogens is 2. The SMILES string of the molecule is NNc1ncc(Cl)c(N2CC3CCC(C2)O3)n1. The largest absolute Gasteiger partial charge is 0.371 e. The van der Waals surface area contributed by atoms with Crippen molar-refractivity contribution in [3.8, 4) is 0 Å². The molecular weight excluding hydrogens is 242 g/mol. The fourth-order valence-corrected chi connectivity index (χ4v) is 2.65. The quantitative estimate of drug-likeness (QED) is 0.601. The second-order valence-electron chi connectivity index (χ2n) is 4.37. The summed E-state index contributed by atoms with van der Waals surface area (Å²) in [5, 5.41) is 0.547. The van der Waals surface area contributed by atoms with E-state index in [4.69, 9.17) is 22.2 Å². The van der Waals surface area contributed by atoms with Gasteiger partial charge < -0.3 is 9.64 Å². The van der Waals surface area contributed by atoms with Crippen LogP contribution in [0.2, 0.25) is 5.02 Å². The number of halogens is 1. The minimum atomic E-state index is 0.300. The Morgan fingerprint density at radius 2 is 2.12 bits per heavy atom. The molecule has 2 unspecified atom stereocenters. The lowest BCUT2D eigenvalue weighted by Crippen LogP contribution is -2.43. The molecule has 92 valence electrons. The Morgan fingerprint density at radius 1 is 1.41 bits per heavy atom. The molecule has 0 amide bonds. The molecule has 0 spiro atoms. The van der Waals surface area contributed by atoms with Crippen LogP contribution in [0.4, 0.5) is 11.8 Å². The summed E-state index contributed by atoms with van der Waals surface area (Å²) in [5.74, 6) is 6.41. The zero-order chi connectivity index (χ0) is 11.8. The minimum Gasteiger partial charge on any atom is -0.371 e. The summed E-state index contributed by atoms with van der Waals surface area (Å²) in [4.78, 5) is 10.4. The summed E-state index contributed by atoms with van der Waals surface area (Å²) in [5.41, 5.74) is 2.43. The Bertz CT molecular complexity index is 417. The highest BCUT2D eigenvalue weighted by Gasteiger charge is 2.34. The molecule has 2 bridgehead atoms. The summed E-state index contributed by atoms with van der Waals surface area (Å²) >= 11 is 6.13. The zero-order valence-electron chi connectivity index (χ0n) is 9.27. The van der Waals surface area contributed by atoms with Gasteiger partial charge in [-0.1, -0.05) is 11.6 Å². The van der Waals surface area contributed by atoms with Gasteiger partial charge in [0.1, 0.15) is 5.02 Å². The lowest BCUT2D eigenvalue weighted by molar-refractivity contribution is 0.0302. The highest BCUT2D eigenvalue weighted by molar-refractivity contribution is 6.32. The van der Waals surface area contributed by atoms with Crippen molar-refractivity contribution in [1.82, 2.24) is 9.97 Å². The monoisotopic (exact) mass is 255 g/mol. The first-order chi connectivity index (χ1) is 8.26. The Morgan fingerprint density at radius 3 is 2.76 bits per heavy atom. The molecule has 1 aromatic heterocycles. The molecular formula is C10H14ClN5O. The van der Waals surface area contributed by atoms with Gasteiger partial charge in [0.25, 0.3) is 0 Å². The number of nitrogen functional groups attached to an aromatic ring is 1. The van der Waals surface area contributed by atoms with E-state index < -0.39 is 0 Å². The first-order valence-electron chi connectivity index (χ1n) is 5.66. The van der Waals surface area contributed by atoms with Gasteiger partial charge in [0.05, 0.1) is 18.4 Å². The third-order valence-corrected chi connectivity index (χ3v) is 3.46. The third-order valence-electron chi connectivity index (χ3n) is 3.20. The maximum Gasteiger partial charge on any atom is 0.239 e. The predicted molar refractivity (Wildman–Crippen MR) is 65.0 cm³/mol. The van der Waals surface area contributed by atoms with Gasteiger partial charge in [0.15, 0.2) is 5.82 Å². The van der Waals surface area contributed by atoms with Gasteiger partial charge >= 0.3 is 0 Å². The first-order valence-corrected chi connectivity index (χ1v) is 6.03. The molecule has 17 heavy (non-hydrogen) atoms. The number of hydrazine groups is 1. The van der Waals surface area contributed by atoms with E-state index in [2.05, 4.69) is 20.3 Å². The molecule has 0 aromatic carbocycles. The number of hydrogen-bond donors (Lipinski definition) is 2. The maximum atomic E-state index is 6.13. The third kappa shape index (κ3) is 2.03. The average molecular weight is 256 g/mol. The van der Waals surface area contributed by atoms with E-state index in [1.54, 1.807) is 6.20 Å². The van der Waals surface area contributed by atoms with Crippen LogP contribution in [0.25, 0.3) is 0 Å². The summed E-state index contributed by atoms with van der Waals surface area (Å²) in [6, 6.07) is 0. The van der Waals surface area contributed by atoms with Crippen LogP contribution in [0.1, 0.15) is 12.8 Å². The van der Waals surface area contributed by atoms with Crippen molar-refractivity contribution >= 4 is 23.4 Å². The number of ether oxygens (including phenoxy) is 1. The van der Waals surface area contributed by atoms with E-state index in [9.17, 15) is 0 Å². The maximum absolute atomic E-state index is 6.13. The van der Waals surface area contributed by atoms with E-state index in [1.807, 2.05) is 0 Å². The fourth-order valence-electron chi connectivity index (χ4n) is 2.44.